The van der Waals surface area contributed by atoms with Crippen molar-refractivity contribution in [2.75, 3.05) is 28.4 Å². The van der Waals surface area contributed by atoms with E-state index in [0.29, 0.717) is 0 Å². The zero-order valence-corrected chi connectivity index (χ0v) is 24.6. The molecule has 8 atom stereocenters. The third kappa shape index (κ3) is 4.23. The number of methoxy groups -OCH3 is 4. The average molecular weight is 623 g/mol. The molecule has 7 N–H and O–H groups in total. The van der Waals surface area contributed by atoms with E-state index in [1.165, 1.54) is 21.3 Å². The van der Waals surface area contributed by atoms with Gasteiger partial charge in [0.15, 0.2) is 12.1 Å². The lowest BCUT2D eigenvalue weighted by Gasteiger charge is -2.51. The van der Waals surface area contributed by atoms with E-state index in [-0.39, 0.29) is 5.75 Å². The highest BCUT2D eigenvalue weighted by Crippen LogP contribution is 2.57. The number of rotatable bonds is 6. The van der Waals surface area contributed by atoms with Gasteiger partial charge in [-0.1, -0.05) is 0 Å². The Morgan fingerprint density at radius 3 is 2.02 bits per heavy atom. The van der Waals surface area contributed by atoms with Gasteiger partial charge in [-0.3, -0.25) is 9.59 Å². The molecule has 1 saturated heterocycles. The van der Waals surface area contributed by atoms with Gasteiger partial charge in [-0.25, -0.2) is 0 Å². The quantitative estimate of drug-likeness (QED) is 0.138. The second kappa shape index (κ2) is 10.9. The fourth-order valence-corrected chi connectivity index (χ4v) is 6.43. The largest absolute Gasteiger partial charge is 0.507 e. The van der Waals surface area contributed by atoms with E-state index in [0.717, 1.165) is 26.2 Å². The summed E-state index contributed by atoms with van der Waals surface area (Å²) in [5.74, 6) is -8.42. The Kier molecular flexibility index (Phi) is 7.94. The van der Waals surface area contributed by atoms with Crippen molar-refractivity contribution in [2.45, 2.75) is 68.1 Å². The molecule has 240 valence electrons. The van der Waals surface area contributed by atoms with Crippen molar-refractivity contribution in [1.82, 2.24) is 0 Å². The maximum Gasteiger partial charge on any atom is 0.226 e. The standard InChI is InChI=1S/C29H34O15/c1-9-23(40-4)22(35)25(41-5)27(43-9)44-24-16-17(29(37,38)28(2,36)26(24)42-6)21(34)14-15(20(16)33)19(32)13-11(18(14)31)7-10(39-3)8-12(13)30/h7-9,22-27,30,33-38H,1-6H3/t9-,22+,23-,24+,25+,26-,27-,28-/m0/s1. The molecule has 1 aliphatic heterocycles. The summed E-state index contributed by atoms with van der Waals surface area (Å²) in [6.45, 7) is 2.53. The zero-order chi connectivity index (χ0) is 32.6. The van der Waals surface area contributed by atoms with Crippen LogP contribution in [0.4, 0.5) is 0 Å². The summed E-state index contributed by atoms with van der Waals surface area (Å²) in [5, 5.41) is 78.8. The number of benzene rings is 2. The Labute approximate surface area is 250 Å². The zero-order valence-electron chi connectivity index (χ0n) is 24.6. The number of aromatic hydroxyl groups is 3. The molecule has 0 saturated carbocycles. The Morgan fingerprint density at radius 1 is 0.841 bits per heavy atom. The van der Waals surface area contributed by atoms with Gasteiger partial charge in [0.25, 0.3) is 0 Å². The summed E-state index contributed by atoms with van der Waals surface area (Å²) in [7, 11) is 4.96. The van der Waals surface area contributed by atoms with Gasteiger partial charge in [0.05, 0.1) is 35.5 Å². The van der Waals surface area contributed by atoms with Crippen molar-refractivity contribution in [1.29, 1.82) is 0 Å². The van der Waals surface area contributed by atoms with Crippen molar-refractivity contribution >= 4 is 11.6 Å². The minimum atomic E-state index is -3.42. The topological polar surface area (TPSA) is 231 Å². The first kappa shape index (κ1) is 32.0. The Morgan fingerprint density at radius 2 is 1.45 bits per heavy atom. The molecule has 0 spiro atoms. The summed E-state index contributed by atoms with van der Waals surface area (Å²) in [6.07, 6.45) is -9.15. The van der Waals surface area contributed by atoms with Gasteiger partial charge in [0.2, 0.25) is 11.6 Å². The molecule has 2 aromatic rings. The molecule has 1 fully saturated rings. The van der Waals surface area contributed by atoms with Crippen LogP contribution in [0.25, 0.3) is 0 Å². The SMILES string of the molecule is COc1cc(O)c2c(c1)C(=O)c1c(O)c3c(c(O)c1C2=O)[C@@H](O[C@@H]1O[C@@H](C)[C@H](OC)[C@@H](O)[C@H]1OC)[C@H](OC)[C@](C)(O)C3(O)O. The molecule has 0 radical (unpaired) electrons. The van der Waals surface area contributed by atoms with Crippen molar-refractivity contribution in [3.8, 4) is 23.0 Å². The fourth-order valence-electron chi connectivity index (χ4n) is 6.43. The number of ether oxygens (including phenoxy) is 6. The van der Waals surface area contributed by atoms with Crippen molar-refractivity contribution in [3.63, 3.8) is 0 Å². The first-order valence-corrected chi connectivity index (χ1v) is 13.5. The summed E-state index contributed by atoms with van der Waals surface area (Å²) in [4.78, 5) is 27.5. The number of hydrogen-bond acceptors (Lipinski definition) is 15. The number of phenols is 3. The Hall–Kier alpha value is -3.38. The van der Waals surface area contributed by atoms with E-state index >= 15 is 0 Å². The molecular formula is C29H34O15. The monoisotopic (exact) mass is 622 g/mol. The number of carbonyl (C=O) groups is 2. The van der Waals surface area contributed by atoms with E-state index in [9.17, 15) is 45.3 Å². The van der Waals surface area contributed by atoms with Crippen LogP contribution in [0.1, 0.15) is 62.9 Å². The summed E-state index contributed by atoms with van der Waals surface area (Å²) < 4.78 is 33.2. The number of ketones is 2. The van der Waals surface area contributed by atoms with Gasteiger partial charge < -0.3 is 64.2 Å². The number of aliphatic hydroxyl groups is 4. The Balaban J connectivity index is 1.77. The van der Waals surface area contributed by atoms with Gasteiger partial charge in [-0.15, -0.1) is 0 Å². The lowest BCUT2D eigenvalue weighted by Crippen LogP contribution is -2.65. The van der Waals surface area contributed by atoms with E-state index in [1.807, 2.05) is 0 Å². The van der Waals surface area contributed by atoms with E-state index in [4.69, 9.17) is 28.4 Å². The van der Waals surface area contributed by atoms with Crippen LogP contribution in [0.2, 0.25) is 0 Å². The third-order valence-corrected chi connectivity index (χ3v) is 8.74. The third-order valence-electron chi connectivity index (χ3n) is 8.74. The van der Waals surface area contributed by atoms with Crippen LogP contribution in [0, 0.1) is 0 Å². The number of carbonyl (C=O) groups excluding carboxylic acids is 2. The van der Waals surface area contributed by atoms with Gasteiger partial charge in [-0.05, 0) is 19.9 Å². The predicted octanol–water partition coefficient (Wildman–Crippen LogP) is -0.302. The van der Waals surface area contributed by atoms with Gasteiger partial charge in [0.1, 0.15) is 59.1 Å². The molecule has 1 heterocycles. The van der Waals surface area contributed by atoms with Crippen LogP contribution in [0.15, 0.2) is 12.1 Å². The molecule has 0 bridgehead atoms. The molecule has 0 aromatic heterocycles. The molecular weight excluding hydrogens is 588 g/mol. The minimum absolute atomic E-state index is 0.00201. The van der Waals surface area contributed by atoms with Gasteiger partial charge in [0, 0.05) is 38.5 Å². The number of aliphatic hydroxyl groups excluding tert-OH is 1. The lowest BCUT2D eigenvalue weighted by molar-refractivity contribution is -0.357. The lowest BCUT2D eigenvalue weighted by atomic mass is 9.68. The van der Waals surface area contributed by atoms with Crippen molar-refractivity contribution < 1.29 is 73.8 Å². The fraction of sp³-hybridized carbons (Fsp3) is 0.517. The van der Waals surface area contributed by atoms with E-state index in [1.54, 1.807) is 6.92 Å². The van der Waals surface area contributed by atoms with Gasteiger partial charge >= 0.3 is 0 Å². The maximum absolute atomic E-state index is 13.8. The summed E-state index contributed by atoms with van der Waals surface area (Å²) >= 11 is 0. The van der Waals surface area contributed by atoms with Crippen molar-refractivity contribution in [2.24, 2.45) is 0 Å². The highest BCUT2D eigenvalue weighted by Gasteiger charge is 2.64. The second-order valence-electron chi connectivity index (χ2n) is 11.1. The van der Waals surface area contributed by atoms with Crippen LogP contribution in [0.5, 0.6) is 23.0 Å². The van der Waals surface area contributed by atoms with Crippen LogP contribution in [-0.2, 0) is 29.5 Å². The molecule has 3 aliphatic rings. The number of hydrogen-bond donors (Lipinski definition) is 7. The molecule has 0 amide bonds. The molecule has 15 nitrogen and oxygen atoms in total. The van der Waals surface area contributed by atoms with Crippen LogP contribution >= 0.6 is 0 Å². The normalized spacial score (nSPS) is 32.5. The minimum Gasteiger partial charge on any atom is -0.507 e. The average Bonchev–Trinajstić information content (AvgIpc) is 2.95. The maximum atomic E-state index is 13.8. The molecule has 2 aromatic carbocycles. The van der Waals surface area contributed by atoms with E-state index in [2.05, 4.69) is 0 Å². The van der Waals surface area contributed by atoms with Gasteiger partial charge in [-0.2, -0.15) is 0 Å². The highest BCUT2D eigenvalue weighted by molar-refractivity contribution is 6.31. The number of fused-ring (bicyclic) bond motifs is 3. The first-order chi connectivity index (χ1) is 20.6. The van der Waals surface area contributed by atoms with Crippen molar-refractivity contribution in [3.05, 3.63) is 45.5 Å². The first-order valence-electron chi connectivity index (χ1n) is 13.5. The molecule has 2 aliphatic carbocycles. The van der Waals surface area contributed by atoms with Crippen LogP contribution in [-0.4, -0.2) is 118 Å². The Bertz CT molecular complexity index is 1520. The van der Waals surface area contributed by atoms with Crippen LogP contribution in [0.3, 0.4) is 0 Å². The molecule has 15 heteroatoms. The smallest absolute Gasteiger partial charge is 0.226 e. The number of phenolic OH excluding ortho intramolecular Hbond substituents is 3. The summed E-state index contributed by atoms with van der Waals surface area (Å²) in [6, 6.07) is 2.21. The molecule has 5 rings (SSSR count). The van der Waals surface area contributed by atoms with Crippen LogP contribution < -0.4 is 4.74 Å². The molecule has 0 unspecified atom stereocenters. The predicted molar refractivity (Wildman–Crippen MR) is 145 cm³/mol. The summed E-state index contributed by atoms with van der Waals surface area (Å²) in [5.41, 5.74) is -6.80. The highest BCUT2D eigenvalue weighted by atomic mass is 16.7. The molecule has 44 heavy (non-hydrogen) atoms. The van der Waals surface area contributed by atoms with E-state index < -0.39 is 116 Å². The second-order valence-corrected chi connectivity index (χ2v) is 11.1.